The average molecular weight is 408 g/mol. The van der Waals surface area contributed by atoms with Gasteiger partial charge in [-0.25, -0.2) is 4.90 Å². The van der Waals surface area contributed by atoms with Gasteiger partial charge in [0, 0.05) is 23.0 Å². The van der Waals surface area contributed by atoms with E-state index in [1.165, 1.54) is 11.8 Å². The average Bonchev–Trinajstić information content (AvgIpc) is 2.97. The molecule has 124 valence electrons. The highest BCUT2D eigenvalue weighted by Gasteiger charge is 2.27. The maximum absolute atomic E-state index is 12.8. The van der Waals surface area contributed by atoms with Gasteiger partial charge in [-0.1, -0.05) is 45.7 Å². The number of carbonyl (C=O) groups is 2. The molecule has 3 rings (SSSR count). The van der Waals surface area contributed by atoms with Gasteiger partial charge in [0.15, 0.2) is 0 Å². The molecule has 1 aliphatic rings. The Kier molecular flexibility index (Phi) is 4.92. The fraction of sp³-hybridized carbons (Fsp3) is 0.222. The minimum atomic E-state index is -0.318. The topological polar surface area (TPSA) is 49.4 Å². The molecule has 0 bridgehead atoms. The van der Waals surface area contributed by atoms with Gasteiger partial charge in [-0.3, -0.25) is 9.59 Å². The Morgan fingerprint density at radius 1 is 1.29 bits per heavy atom. The quantitative estimate of drug-likeness (QED) is 0.830. The Balaban J connectivity index is 1.98. The lowest BCUT2D eigenvalue weighted by atomic mass is 10.1. The minimum absolute atomic E-state index is 0.0700. The van der Waals surface area contributed by atoms with Crippen LogP contribution in [0.2, 0.25) is 5.02 Å². The van der Waals surface area contributed by atoms with Crippen LogP contribution in [-0.2, 0) is 22.4 Å². The molecule has 1 N–H and O–H groups in total. The molecule has 0 aliphatic carbocycles. The molecule has 2 amide bonds. The van der Waals surface area contributed by atoms with E-state index in [2.05, 4.69) is 21.2 Å². The maximum Gasteiger partial charge on any atom is 0.238 e. The summed E-state index contributed by atoms with van der Waals surface area (Å²) in [5.41, 5.74) is 3.23. The zero-order chi connectivity index (χ0) is 17.3. The third kappa shape index (κ3) is 3.32. The monoisotopic (exact) mass is 406 g/mol. The second kappa shape index (κ2) is 6.95. The Morgan fingerprint density at radius 2 is 2.04 bits per heavy atom. The normalized spacial score (nSPS) is 12.5. The first-order chi connectivity index (χ1) is 11.5. The summed E-state index contributed by atoms with van der Waals surface area (Å²) in [6, 6.07) is 11.0. The first-order valence-corrected chi connectivity index (χ1v) is 8.77. The van der Waals surface area contributed by atoms with E-state index >= 15 is 0 Å². The van der Waals surface area contributed by atoms with Gasteiger partial charge in [-0.15, -0.1) is 0 Å². The maximum atomic E-state index is 12.8. The van der Waals surface area contributed by atoms with Crippen LogP contribution in [0.4, 0.5) is 11.4 Å². The van der Waals surface area contributed by atoms with Crippen LogP contribution in [0.3, 0.4) is 0 Å². The molecule has 0 fully saturated rings. The molecule has 1 aliphatic heterocycles. The Bertz CT molecular complexity index is 823. The summed E-state index contributed by atoms with van der Waals surface area (Å²) in [4.78, 5) is 26.2. The number of fused-ring (bicyclic) bond motifs is 1. The summed E-state index contributed by atoms with van der Waals surface area (Å²) in [7, 11) is 0. The number of anilines is 2. The fourth-order valence-corrected chi connectivity index (χ4v) is 3.61. The number of halogens is 2. The van der Waals surface area contributed by atoms with E-state index < -0.39 is 0 Å². The highest BCUT2D eigenvalue weighted by atomic mass is 79.9. The molecule has 0 radical (unpaired) electrons. The van der Waals surface area contributed by atoms with Crippen molar-refractivity contribution in [3.05, 3.63) is 57.0 Å². The molecular weight excluding hydrogens is 392 g/mol. The number of hydrogen-bond donors (Lipinski definition) is 1. The van der Waals surface area contributed by atoms with Crippen LogP contribution < -0.4 is 10.2 Å². The van der Waals surface area contributed by atoms with Crippen molar-refractivity contribution in [2.24, 2.45) is 0 Å². The van der Waals surface area contributed by atoms with E-state index in [9.17, 15) is 9.59 Å². The number of amides is 2. The van der Waals surface area contributed by atoms with Gasteiger partial charge in [0.1, 0.15) is 0 Å². The van der Waals surface area contributed by atoms with Gasteiger partial charge in [-0.05, 0) is 35.7 Å². The molecule has 4 nitrogen and oxygen atoms in total. The number of carbonyl (C=O) groups excluding carboxylic acids is 2. The van der Waals surface area contributed by atoms with Gasteiger partial charge < -0.3 is 5.32 Å². The number of rotatable bonds is 3. The first-order valence-electron chi connectivity index (χ1n) is 7.60. The number of nitrogens with one attached hydrogen (secondary N) is 1. The Labute approximate surface area is 153 Å². The third-order valence-electron chi connectivity index (χ3n) is 3.96. The van der Waals surface area contributed by atoms with Crippen molar-refractivity contribution in [2.75, 3.05) is 16.8 Å². The van der Waals surface area contributed by atoms with Crippen molar-refractivity contribution < 1.29 is 9.59 Å². The Morgan fingerprint density at radius 3 is 2.75 bits per heavy atom. The lowest BCUT2D eigenvalue weighted by Crippen LogP contribution is -2.37. The lowest BCUT2D eigenvalue weighted by molar-refractivity contribution is -0.125. The molecular formula is C18H16BrClN2O2. The first kappa shape index (κ1) is 17.0. The fourth-order valence-electron chi connectivity index (χ4n) is 2.91. The molecule has 0 spiro atoms. The van der Waals surface area contributed by atoms with Crippen LogP contribution in [0.25, 0.3) is 0 Å². The highest BCUT2D eigenvalue weighted by molar-refractivity contribution is 9.10. The lowest BCUT2D eigenvalue weighted by Gasteiger charge is -2.23. The van der Waals surface area contributed by atoms with Crippen molar-refractivity contribution in [3.8, 4) is 0 Å². The van der Waals surface area contributed by atoms with Crippen LogP contribution in [-0.4, -0.2) is 18.4 Å². The molecule has 0 unspecified atom stereocenters. The number of imide groups is 1. The van der Waals surface area contributed by atoms with E-state index in [1.54, 1.807) is 18.2 Å². The van der Waals surface area contributed by atoms with Gasteiger partial charge in [0.2, 0.25) is 11.8 Å². The summed E-state index contributed by atoms with van der Waals surface area (Å²) < 4.78 is 0.844. The largest absolute Gasteiger partial charge is 0.383 e. The highest BCUT2D eigenvalue weighted by Crippen LogP contribution is 2.37. The van der Waals surface area contributed by atoms with E-state index in [0.717, 1.165) is 28.7 Å². The van der Waals surface area contributed by atoms with Crippen LogP contribution in [0.15, 0.2) is 40.9 Å². The second-order valence-corrected chi connectivity index (χ2v) is 6.98. The van der Waals surface area contributed by atoms with Crippen LogP contribution in [0.1, 0.15) is 18.1 Å². The van der Waals surface area contributed by atoms with Crippen LogP contribution >= 0.6 is 27.5 Å². The van der Waals surface area contributed by atoms with Crippen molar-refractivity contribution in [2.45, 2.75) is 19.8 Å². The number of benzene rings is 2. The van der Waals surface area contributed by atoms with Crippen LogP contribution in [0, 0.1) is 0 Å². The second-order valence-electron chi connectivity index (χ2n) is 5.65. The van der Waals surface area contributed by atoms with Crippen molar-refractivity contribution in [1.29, 1.82) is 0 Å². The summed E-state index contributed by atoms with van der Waals surface area (Å²) in [5, 5.41) is 3.79. The van der Waals surface area contributed by atoms with E-state index in [1.807, 2.05) is 18.2 Å². The van der Waals surface area contributed by atoms with E-state index in [4.69, 9.17) is 11.6 Å². The van der Waals surface area contributed by atoms with Crippen molar-refractivity contribution in [3.63, 3.8) is 0 Å². The van der Waals surface area contributed by atoms with Crippen molar-refractivity contribution in [1.82, 2.24) is 0 Å². The van der Waals surface area contributed by atoms with Gasteiger partial charge >= 0.3 is 0 Å². The van der Waals surface area contributed by atoms with E-state index in [0.29, 0.717) is 16.3 Å². The standard InChI is InChI=1S/C18H16BrClN2O2/c1-11(23)22(17(24)9-12-4-2-3-5-15(12)20)16-10-14(19)8-13-6-7-21-18(13)16/h2-5,8,10,21H,6-7,9H2,1H3. The Hall–Kier alpha value is -1.85. The molecule has 2 aromatic carbocycles. The van der Waals surface area contributed by atoms with Gasteiger partial charge in [0.25, 0.3) is 0 Å². The zero-order valence-electron chi connectivity index (χ0n) is 13.1. The smallest absolute Gasteiger partial charge is 0.238 e. The summed E-state index contributed by atoms with van der Waals surface area (Å²) in [6.07, 6.45) is 0.937. The van der Waals surface area contributed by atoms with Crippen LogP contribution in [0.5, 0.6) is 0 Å². The van der Waals surface area contributed by atoms with E-state index in [-0.39, 0.29) is 18.2 Å². The molecule has 24 heavy (non-hydrogen) atoms. The molecule has 0 saturated heterocycles. The summed E-state index contributed by atoms with van der Waals surface area (Å²) in [5.74, 6) is -0.620. The molecule has 0 atom stereocenters. The third-order valence-corrected chi connectivity index (χ3v) is 4.79. The zero-order valence-corrected chi connectivity index (χ0v) is 15.4. The summed E-state index contributed by atoms with van der Waals surface area (Å²) in [6.45, 7) is 2.19. The SMILES string of the molecule is CC(=O)N(C(=O)Cc1ccccc1Cl)c1cc(Br)cc2c1NCC2. The summed E-state index contributed by atoms with van der Waals surface area (Å²) >= 11 is 9.60. The molecule has 6 heteroatoms. The molecule has 0 saturated carbocycles. The van der Waals surface area contributed by atoms with Gasteiger partial charge in [-0.2, -0.15) is 0 Å². The predicted molar refractivity (Wildman–Crippen MR) is 99.7 cm³/mol. The number of hydrogen-bond acceptors (Lipinski definition) is 3. The van der Waals surface area contributed by atoms with Gasteiger partial charge in [0.05, 0.1) is 17.8 Å². The van der Waals surface area contributed by atoms with Crippen molar-refractivity contribution >= 4 is 50.7 Å². The predicted octanol–water partition coefficient (Wildman–Crippen LogP) is 4.19. The minimum Gasteiger partial charge on any atom is -0.383 e. The molecule has 2 aromatic rings. The molecule has 0 aromatic heterocycles. The molecule has 1 heterocycles. The number of nitrogens with zero attached hydrogens (tertiary/aromatic N) is 1.